The molecule has 1 fully saturated rings. The zero-order chi connectivity index (χ0) is 13.1. The molecule has 1 aromatic carbocycles. The van der Waals surface area contributed by atoms with Crippen molar-refractivity contribution in [2.24, 2.45) is 5.73 Å². The molecule has 3 rings (SSSR count). The summed E-state index contributed by atoms with van der Waals surface area (Å²) >= 11 is 0. The number of nitrogens with two attached hydrogens (primary N) is 1. The fourth-order valence-corrected chi connectivity index (χ4v) is 2.68. The Morgan fingerprint density at radius 3 is 3.00 bits per heavy atom. The van der Waals surface area contributed by atoms with Gasteiger partial charge in [0.15, 0.2) is 0 Å². The Morgan fingerprint density at radius 1 is 1.26 bits per heavy atom. The molecule has 2 aliphatic rings. The maximum absolute atomic E-state index is 6.26. The molecule has 1 saturated heterocycles. The van der Waals surface area contributed by atoms with Gasteiger partial charge in [-0.1, -0.05) is 18.2 Å². The Balaban J connectivity index is 1.57. The maximum Gasteiger partial charge on any atom is 0.124 e. The van der Waals surface area contributed by atoms with Gasteiger partial charge < -0.3 is 19.9 Å². The van der Waals surface area contributed by atoms with Crippen molar-refractivity contribution in [1.29, 1.82) is 0 Å². The topological polar surface area (TPSA) is 53.7 Å². The minimum absolute atomic E-state index is 0.0829. The molecule has 3 unspecified atom stereocenters. The Labute approximate surface area is 113 Å². The summed E-state index contributed by atoms with van der Waals surface area (Å²) in [5.74, 6) is 0.878. The van der Waals surface area contributed by atoms with Crippen molar-refractivity contribution in [2.45, 2.75) is 37.5 Å². The van der Waals surface area contributed by atoms with E-state index < -0.39 is 0 Å². The van der Waals surface area contributed by atoms with Gasteiger partial charge in [0.1, 0.15) is 18.5 Å². The van der Waals surface area contributed by atoms with Crippen LogP contribution in [0.4, 0.5) is 0 Å². The van der Waals surface area contributed by atoms with E-state index in [4.69, 9.17) is 19.9 Å². The second-order valence-electron chi connectivity index (χ2n) is 5.23. The number of fused-ring (bicyclic) bond motifs is 1. The van der Waals surface area contributed by atoms with Crippen LogP contribution in [0.1, 0.15) is 30.9 Å². The Kier molecular flexibility index (Phi) is 4.01. The molecule has 19 heavy (non-hydrogen) atoms. The van der Waals surface area contributed by atoms with Crippen molar-refractivity contribution in [2.75, 3.05) is 19.8 Å². The summed E-state index contributed by atoms with van der Waals surface area (Å²) < 4.78 is 17.3. The molecule has 0 aliphatic carbocycles. The highest BCUT2D eigenvalue weighted by molar-refractivity contribution is 5.38. The monoisotopic (exact) mass is 263 g/mol. The lowest BCUT2D eigenvalue weighted by Crippen LogP contribution is -2.40. The van der Waals surface area contributed by atoms with Gasteiger partial charge in [0.05, 0.1) is 18.8 Å². The van der Waals surface area contributed by atoms with Crippen molar-refractivity contribution in [1.82, 2.24) is 0 Å². The van der Waals surface area contributed by atoms with E-state index in [1.54, 1.807) is 0 Å². The van der Waals surface area contributed by atoms with Crippen LogP contribution >= 0.6 is 0 Å². The van der Waals surface area contributed by atoms with E-state index in [-0.39, 0.29) is 18.2 Å². The zero-order valence-corrected chi connectivity index (χ0v) is 11.1. The van der Waals surface area contributed by atoms with Gasteiger partial charge in [-0.15, -0.1) is 0 Å². The van der Waals surface area contributed by atoms with Gasteiger partial charge in [-0.05, 0) is 25.3 Å². The summed E-state index contributed by atoms with van der Waals surface area (Å²) in [4.78, 5) is 0. The average Bonchev–Trinajstić information content (AvgIpc) is 2.48. The molecule has 4 heteroatoms. The highest BCUT2D eigenvalue weighted by atomic mass is 16.6. The van der Waals surface area contributed by atoms with Crippen molar-refractivity contribution in [3.8, 4) is 5.75 Å². The first-order valence-electron chi connectivity index (χ1n) is 7.05. The van der Waals surface area contributed by atoms with Crippen molar-refractivity contribution < 1.29 is 14.2 Å². The van der Waals surface area contributed by atoms with Gasteiger partial charge in [0.2, 0.25) is 0 Å². The summed E-state index contributed by atoms with van der Waals surface area (Å²) in [6.07, 6.45) is 3.61. The van der Waals surface area contributed by atoms with Crippen LogP contribution in [0.5, 0.6) is 5.75 Å². The fourth-order valence-electron chi connectivity index (χ4n) is 2.68. The first-order valence-corrected chi connectivity index (χ1v) is 7.05. The lowest BCUT2D eigenvalue weighted by Gasteiger charge is -2.32. The zero-order valence-electron chi connectivity index (χ0n) is 11.1. The molecule has 104 valence electrons. The van der Waals surface area contributed by atoms with E-state index in [0.717, 1.165) is 30.8 Å². The van der Waals surface area contributed by atoms with Crippen LogP contribution in [0.3, 0.4) is 0 Å². The second-order valence-corrected chi connectivity index (χ2v) is 5.23. The molecule has 2 aliphatic heterocycles. The molecule has 2 N–H and O–H groups in total. The van der Waals surface area contributed by atoms with Crippen LogP contribution in [0.25, 0.3) is 0 Å². The van der Waals surface area contributed by atoms with Crippen molar-refractivity contribution >= 4 is 0 Å². The smallest absolute Gasteiger partial charge is 0.124 e. The summed E-state index contributed by atoms with van der Waals surface area (Å²) in [5, 5.41) is 0. The highest BCUT2D eigenvalue weighted by Crippen LogP contribution is 2.31. The average molecular weight is 263 g/mol. The van der Waals surface area contributed by atoms with E-state index in [2.05, 4.69) is 0 Å². The fraction of sp³-hybridized carbons (Fsp3) is 0.600. The lowest BCUT2D eigenvalue weighted by atomic mass is 9.99. The van der Waals surface area contributed by atoms with Crippen LogP contribution in [0.2, 0.25) is 0 Å². The molecule has 0 bridgehead atoms. The third-order valence-corrected chi connectivity index (χ3v) is 3.85. The minimum atomic E-state index is -0.117. The lowest BCUT2D eigenvalue weighted by molar-refractivity contribution is -0.0813. The highest BCUT2D eigenvalue weighted by Gasteiger charge is 2.29. The molecule has 4 nitrogen and oxygen atoms in total. The molecule has 0 saturated carbocycles. The Bertz CT molecular complexity index is 418. The molecular formula is C15H21NO3. The molecule has 1 aromatic rings. The number of ether oxygens (including phenoxy) is 3. The van der Waals surface area contributed by atoms with Gasteiger partial charge in [0.25, 0.3) is 0 Å². The summed E-state index contributed by atoms with van der Waals surface area (Å²) in [5.41, 5.74) is 7.29. The predicted octanol–water partition coefficient (Wildman–Crippen LogP) is 2.03. The standard InChI is InChI=1S/C15H21NO3/c16-15-12-6-1-2-7-13(12)19-10-14(15)18-9-11-5-3-4-8-17-11/h1-2,6-7,11,14-15H,3-5,8-10,16H2. The van der Waals surface area contributed by atoms with E-state index in [1.807, 2.05) is 24.3 Å². The summed E-state index contributed by atoms with van der Waals surface area (Å²) in [7, 11) is 0. The van der Waals surface area contributed by atoms with Crippen LogP contribution in [-0.4, -0.2) is 32.0 Å². The number of hydrogen-bond donors (Lipinski definition) is 1. The number of benzene rings is 1. The normalized spacial score (nSPS) is 30.5. The van der Waals surface area contributed by atoms with Crippen molar-refractivity contribution in [3.63, 3.8) is 0 Å². The first kappa shape index (κ1) is 12.9. The molecule has 0 radical (unpaired) electrons. The van der Waals surface area contributed by atoms with Crippen LogP contribution in [0, 0.1) is 0 Å². The molecule has 0 amide bonds. The van der Waals surface area contributed by atoms with E-state index in [1.165, 1.54) is 6.42 Å². The first-order chi connectivity index (χ1) is 9.34. The Morgan fingerprint density at radius 2 is 2.16 bits per heavy atom. The van der Waals surface area contributed by atoms with E-state index in [0.29, 0.717) is 13.2 Å². The largest absolute Gasteiger partial charge is 0.490 e. The van der Waals surface area contributed by atoms with Gasteiger partial charge in [0, 0.05) is 12.2 Å². The van der Waals surface area contributed by atoms with Crippen LogP contribution in [0.15, 0.2) is 24.3 Å². The maximum atomic E-state index is 6.26. The molecular weight excluding hydrogens is 242 g/mol. The Hall–Kier alpha value is -1.10. The molecule has 0 spiro atoms. The van der Waals surface area contributed by atoms with Crippen molar-refractivity contribution in [3.05, 3.63) is 29.8 Å². The van der Waals surface area contributed by atoms with E-state index >= 15 is 0 Å². The minimum Gasteiger partial charge on any atom is -0.490 e. The van der Waals surface area contributed by atoms with Crippen LogP contribution in [-0.2, 0) is 9.47 Å². The van der Waals surface area contributed by atoms with E-state index in [9.17, 15) is 0 Å². The van der Waals surface area contributed by atoms with Gasteiger partial charge in [-0.3, -0.25) is 0 Å². The second kappa shape index (κ2) is 5.90. The molecule has 0 aromatic heterocycles. The third kappa shape index (κ3) is 2.91. The number of rotatable bonds is 3. The quantitative estimate of drug-likeness (QED) is 0.906. The van der Waals surface area contributed by atoms with Gasteiger partial charge in [-0.25, -0.2) is 0 Å². The number of hydrogen-bond acceptors (Lipinski definition) is 4. The van der Waals surface area contributed by atoms with Gasteiger partial charge >= 0.3 is 0 Å². The predicted molar refractivity (Wildman–Crippen MR) is 72.2 cm³/mol. The summed E-state index contributed by atoms with van der Waals surface area (Å²) in [6.45, 7) is 1.98. The number of para-hydroxylation sites is 1. The van der Waals surface area contributed by atoms with Gasteiger partial charge in [-0.2, -0.15) is 0 Å². The third-order valence-electron chi connectivity index (χ3n) is 3.85. The molecule has 3 atom stereocenters. The summed E-state index contributed by atoms with van der Waals surface area (Å²) in [6, 6.07) is 7.79. The molecule has 2 heterocycles. The SMILES string of the molecule is NC1c2ccccc2OCC1OCC1CCCCO1. The van der Waals surface area contributed by atoms with Crippen LogP contribution < -0.4 is 10.5 Å².